The number of carbonyl (C=O) groups is 4. The second-order valence-corrected chi connectivity index (χ2v) is 8.45. The molecule has 0 bridgehead atoms. The summed E-state index contributed by atoms with van der Waals surface area (Å²) in [6.07, 6.45) is 4.93. The van der Waals surface area contributed by atoms with Gasteiger partial charge in [-0.2, -0.15) is 0 Å². The second kappa shape index (κ2) is 9.75. The maximum absolute atomic E-state index is 13.3. The van der Waals surface area contributed by atoms with Crippen molar-refractivity contribution < 1.29 is 29.0 Å². The van der Waals surface area contributed by atoms with E-state index in [-0.39, 0.29) is 31.1 Å². The number of hydrogen-bond acceptors (Lipinski definition) is 7. The maximum atomic E-state index is 13.3. The maximum Gasteiger partial charge on any atom is 0.332 e. The van der Waals surface area contributed by atoms with E-state index in [9.17, 15) is 24.3 Å². The first-order valence-electron chi connectivity index (χ1n) is 11.0. The van der Waals surface area contributed by atoms with Gasteiger partial charge >= 0.3 is 11.9 Å². The van der Waals surface area contributed by atoms with Crippen molar-refractivity contribution in [3.8, 4) is 0 Å². The molecule has 8 heteroatoms. The molecule has 0 saturated carbocycles. The molecule has 0 amide bonds. The van der Waals surface area contributed by atoms with Gasteiger partial charge in [0.15, 0.2) is 17.1 Å². The number of fused-ring (bicyclic) bond motifs is 1. The molecule has 1 heterocycles. The van der Waals surface area contributed by atoms with Crippen LogP contribution < -0.4 is 5.73 Å². The summed E-state index contributed by atoms with van der Waals surface area (Å²) in [4.78, 5) is 53.5. The molecule has 0 radical (unpaired) electrons. The van der Waals surface area contributed by atoms with Gasteiger partial charge in [0.05, 0.1) is 12.6 Å². The number of rotatable bonds is 9. The zero-order chi connectivity index (χ0) is 23.5. The largest absolute Gasteiger partial charge is 0.480 e. The molecule has 3 rings (SSSR count). The number of hydrogen-bond donors (Lipinski definition) is 2. The molecule has 1 aliphatic heterocycles. The fourth-order valence-electron chi connectivity index (χ4n) is 4.99. The Hall–Kier alpha value is -2.84. The van der Waals surface area contributed by atoms with Gasteiger partial charge in [-0.25, -0.2) is 4.79 Å². The number of carboxylic acid groups (broad SMARTS) is 1. The van der Waals surface area contributed by atoms with Gasteiger partial charge in [0.1, 0.15) is 6.04 Å². The van der Waals surface area contributed by atoms with Gasteiger partial charge in [0.2, 0.25) is 0 Å². The van der Waals surface area contributed by atoms with Crippen LogP contribution in [0.5, 0.6) is 0 Å². The topological polar surface area (TPSA) is 127 Å². The van der Waals surface area contributed by atoms with Crippen LogP contribution >= 0.6 is 0 Å². The van der Waals surface area contributed by atoms with Gasteiger partial charge in [-0.05, 0) is 39.0 Å². The van der Waals surface area contributed by atoms with Crippen molar-refractivity contribution in [1.82, 2.24) is 4.90 Å². The van der Waals surface area contributed by atoms with Crippen LogP contribution in [-0.2, 0) is 19.1 Å². The van der Waals surface area contributed by atoms with E-state index in [1.165, 1.54) is 11.8 Å². The van der Waals surface area contributed by atoms with Crippen LogP contribution in [0.15, 0.2) is 42.5 Å². The van der Waals surface area contributed by atoms with E-state index in [4.69, 9.17) is 10.5 Å². The second-order valence-electron chi connectivity index (χ2n) is 8.45. The summed E-state index contributed by atoms with van der Waals surface area (Å²) in [6, 6.07) is 5.69. The summed E-state index contributed by atoms with van der Waals surface area (Å²) in [5, 5.41) is 10.3. The van der Waals surface area contributed by atoms with Crippen LogP contribution in [0.4, 0.5) is 0 Å². The van der Waals surface area contributed by atoms with Crippen LogP contribution in [0.25, 0.3) is 0 Å². The molecule has 0 aromatic heterocycles. The molecule has 172 valence electrons. The third-order valence-corrected chi connectivity index (χ3v) is 6.38. The lowest BCUT2D eigenvalue weighted by atomic mass is 9.82. The Morgan fingerprint density at radius 1 is 1.25 bits per heavy atom. The highest BCUT2D eigenvalue weighted by molar-refractivity contribution is 6.11. The number of nitrogens with zero attached hydrogens (tertiary/aromatic N) is 1. The summed E-state index contributed by atoms with van der Waals surface area (Å²) in [5.41, 5.74) is 4.27. The molecule has 5 atom stereocenters. The van der Waals surface area contributed by atoms with E-state index < -0.39 is 41.4 Å². The van der Waals surface area contributed by atoms with Crippen molar-refractivity contribution >= 4 is 23.5 Å². The molecule has 3 N–H and O–H groups in total. The first-order valence-corrected chi connectivity index (χ1v) is 11.0. The molecule has 1 aliphatic carbocycles. The summed E-state index contributed by atoms with van der Waals surface area (Å²) in [7, 11) is 0. The molecule has 1 saturated heterocycles. The van der Waals surface area contributed by atoms with E-state index in [0.29, 0.717) is 12.0 Å². The fourth-order valence-corrected chi connectivity index (χ4v) is 4.99. The van der Waals surface area contributed by atoms with Crippen molar-refractivity contribution in [2.45, 2.75) is 63.2 Å². The number of benzene rings is 1. The highest BCUT2D eigenvalue weighted by atomic mass is 16.5. The number of aliphatic carboxylic acids is 1. The molecule has 1 unspecified atom stereocenters. The van der Waals surface area contributed by atoms with Crippen LogP contribution in [0, 0.1) is 5.92 Å². The molecule has 2 aliphatic rings. The molecule has 1 aromatic carbocycles. The monoisotopic (exact) mass is 442 g/mol. The normalized spacial score (nSPS) is 26.7. The van der Waals surface area contributed by atoms with Gasteiger partial charge in [-0.15, -0.1) is 0 Å². The number of allylic oxidation sites excluding steroid dienone is 1. The average molecular weight is 443 g/mol. The van der Waals surface area contributed by atoms with E-state index in [1.54, 1.807) is 37.3 Å². The minimum Gasteiger partial charge on any atom is -0.480 e. The van der Waals surface area contributed by atoms with Crippen LogP contribution in [-0.4, -0.2) is 63.8 Å². The smallest absolute Gasteiger partial charge is 0.332 e. The van der Waals surface area contributed by atoms with E-state index in [2.05, 4.69) is 0 Å². The van der Waals surface area contributed by atoms with Gasteiger partial charge in [-0.3, -0.25) is 19.3 Å². The van der Waals surface area contributed by atoms with Gasteiger partial charge < -0.3 is 15.6 Å². The van der Waals surface area contributed by atoms with E-state index in [1.807, 2.05) is 12.2 Å². The number of carboxylic acids is 1. The van der Waals surface area contributed by atoms with Gasteiger partial charge in [-0.1, -0.05) is 42.5 Å². The van der Waals surface area contributed by atoms with Crippen molar-refractivity contribution in [3.05, 3.63) is 48.0 Å². The summed E-state index contributed by atoms with van der Waals surface area (Å²) in [6.45, 7) is 3.14. The van der Waals surface area contributed by atoms with Crippen molar-refractivity contribution in [1.29, 1.82) is 0 Å². The lowest BCUT2D eigenvalue weighted by molar-refractivity contribution is -0.164. The van der Waals surface area contributed by atoms with Crippen LogP contribution in [0.1, 0.15) is 49.9 Å². The Kier molecular flexibility index (Phi) is 7.26. The first-order chi connectivity index (χ1) is 15.2. The molecule has 32 heavy (non-hydrogen) atoms. The molecule has 8 nitrogen and oxygen atoms in total. The molecule has 0 spiro atoms. The summed E-state index contributed by atoms with van der Waals surface area (Å²) >= 11 is 0. The third kappa shape index (κ3) is 4.25. The predicted molar refractivity (Wildman–Crippen MR) is 117 cm³/mol. The van der Waals surface area contributed by atoms with E-state index in [0.717, 1.165) is 6.42 Å². The lowest BCUT2D eigenvalue weighted by Gasteiger charge is -2.41. The fraction of sp³-hybridized carbons (Fsp3) is 0.500. The van der Waals surface area contributed by atoms with Gasteiger partial charge in [0, 0.05) is 18.0 Å². The standard InChI is InChI=1S/C24H30N2O6/c1-3-32-22(29)19(13-20(27)16-9-5-4-6-10-16)26-18-12-8-7-11-17(18)14-24(26,23(30)31)21(28)15(2)25/h4-6,8-10,12,15,17-19H,3,7,11,13-14,25H2,1-2H3,(H,30,31)/t15?,17-,18-,19+,24+/m1/s1. The zero-order valence-corrected chi connectivity index (χ0v) is 18.4. The number of ether oxygens (including phenoxy) is 1. The average Bonchev–Trinajstić information content (AvgIpc) is 3.13. The number of likely N-dealkylation sites (tertiary alicyclic amines) is 1. The van der Waals surface area contributed by atoms with Crippen molar-refractivity contribution in [2.75, 3.05) is 6.61 Å². The highest BCUT2D eigenvalue weighted by Crippen LogP contribution is 2.46. The molecular weight excluding hydrogens is 412 g/mol. The predicted octanol–water partition coefficient (Wildman–Crippen LogP) is 1.97. The Labute approximate surface area is 187 Å². The Morgan fingerprint density at radius 2 is 1.94 bits per heavy atom. The van der Waals surface area contributed by atoms with Crippen molar-refractivity contribution in [2.24, 2.45) is 11.7 Å². The summed E-state index contributed by atoms with van der Waals surface area (Å²) < 4.78 is 5.25. The molecule has 1 fully saturated rings. The van der Waals surface area contributed by atoms with Crippen LogP contribution in [0.3, 0.4) is 0 Å². The quantitative estimate of drug-likeness (QED) is 0.257. The third-order valence-electron chi connectivity index (χ3n) is 6.38. The first kappa shape index (κ1) is 23.8. The van der Waals surface area contributed by atoms with Crippen LogP contribution in [0.2, 0.25) is 0 Å². The zero-order valence-electron chi connectivity index (χ0n) is 18.4. The number of carbonyl (C=O) groups excluding carboxylic acids is 3. The minimum absolute atomic E-state index is 0.0349. The number of Topliss-reactive ketones (excluding diaryl/α,β-unsaturated/α-hetero) is 2. The Balaban J connectivity index is 2.12. The number of esters is 1. The lowest BCUT2D eigenvalue weighted by Crippen LogP contribution is -2.66. The summed E-state index contributed by atoms with van der Waals surface area (Å²) in [5.74, 6) is -3.24. The number of ketones is 2. The molecular formula is C24H30N2O6. The Morgan fingerprint density at radius 3 is 2.53 bits per heavy atom. The SMILES string of the molecule is CCOC(=O)[C@H](CC(=O)c1ccccc1)N1[C@@H]2C=CCC[C@@H]2C[C@@]1(C(=O)O)C(=O)C(C)N. The molecule has 1 aromatic rings. The highest BCUT2D eigenvalue weighted by Gasteiger charge is 2.64. The Bertz CT molecular complexity index is 912. The number of nitrogens with two attached hydrogens (primary N) is 1. The minimum atomic E-state index is -2.01. The van der Waals surface area contributed by atoms with Crippen molar-refractivity contribution in [3.63, 3.8) is 0 Å². The van der Waals surface area contributed by atoms with E-state index >= 15 is 0 Å². The van der Waals surface area contributed by atoms with Gasteiger partial charge in [0.25, 0.3) is 0 Å².